The largest absolute Gasteiger partial charge is 0.383 e. The van der Waals surface area contributed by atoms with E-state index in [0.717, 1.165) is 18.5 Å². The van der Waals surface area contributed by atoms with Crippen LogP contribution in [0.1, 0.15) is 45.4 Å². The summed E-state index contributed by atoms with van der Waals surface area (Å²) in [7, 11) is 3.22. The maximum absolute atomic E-state index is 13.3. The number of amides is 2. The number of ether oxygens (including phenoxy) is 1. The van der Waals surface area contributed by atoms with Crippen molar-refractivity contribution in [3.8, 4) is 0 Å². The summed E-state index contributed by atoms with van der Waals surface area (Å²) in [5.41, 5.74) is 1.32. The van der Waals surface area contributed by atoms with Crippen molar-refractivity contribution in [3.63, 3.8) is 0 Å². The van der Waals surface area contributed by atoms with Gasteiger partial charge >= 0.3 is 0 Å². The molecule has 10 nitrogen and oxygen atoms in total. The van der Waals surface area contributed by atoms with Gasteiger partial charge in [0.1, 0.15) is 5.82 Å². The maximum atomic E-state index is 13.3. The van der Waals surface area contributed by atoms with Crippen LogP contribution in [0.2, 0.25) is 0 Å². The van der Waals surface area contributed by atoms with E-state index in [4.69, 9.17) is 4.74 Å². The number of likely N-dealkylation sites (N-methyl/N-ethyl adjacent to an activating group) is 1. The van der Waals surface area contributed by atoms with Crippen molar-refractivity contribution in [1.82, 2.24) is 24.8 Å². The Morgan fingerprint density at radius 1 is 1.09 bits per heavy atom. The molecule has 0 atom stereocenters. The first-order valence-electron chi connectivity index (χ1n) is 10.6. The van der Waals surface area contributed by atoms with Crippen LogP contribution < -0.4 is 10.6 Å². The Morgan fingerprint density at radius 3 is 2.64 bits per heavy atom. The minimum Gasteiger partial charge on any atom is -0.383 e. The molecule has 0 bridgehead atoms. The number of aromatic nitrogens is 4. The van der Waals surface area contributed by atoms with Gasteiger partial charge in [-0.2, -0.15) is 0 Å². The number of hydrogen-bond donors (Lipinski definition) is 2. The number of methoxy groups -OCH3 is 1. The minimum atomic E-state index is -0.495. The molecule has 4 rings (SSSR count). The van der Waals surface area contributed by atoms with Gasteiger partial charge in [0.15, 0.2) is 17.2 Å². The van der Waals surface area contributed by atoms with Crippen molar-refractivity contribution in [2.45, 2.75) is 18.8 Å². The van der Waals surface area contributed by atoms with E-state index < -0.39 is 5.91 Å². The van der Waals surface area contributed by atoms with Gasteiger partial charge in [-0.1, -0.05) is 6.07 Å². The molecule has 0 saturated heterocycles. The minimum absolute atomic E-state index is 0.125. The zero-order valence-corrected chi connectivity index (χ0v) is 18.5. The average Bonchev–Trinajstić information content (AvgIpc) is 3.69. The van der Waals surface area contributed by atoms with Gasteiger partial charge in [-0.05, 0) is 37.1 Å². The van der Waals surface area contributed by atoms with Crippen molar-refractivity contribution in [2.24, 2.45) is 0 Å². The van der Waals surface area contributed by atoms with Gasteiger partial charge in [0, 0.05) is 39.0 Å². The lowest BCUT2D eigenvalue weighted by Crippen LogP contribution is -2.31. The number of carbonyl (C=O) groups excluding carboxylic acids is 2. The van der Waals surface area contributed by atoms with Crippen LogP contribution in [0.15, 0.2) is 48.9 Å². The van der Waals surface area contributed by atoms with Crippen molar-refractivity contribution >= 4 is 29.1 Å². The lowest BCUT2D eigenvalue weighted by atomic mass is 10.2. The summed E-state index contributed by atoms with van der Waals surface area (Å²) in [5.74, 6) is 0.317. The van der Waals surface area contributed by atoms with E-state index in [1.54, 1.807) is 50.8 Å². The number of rotatable bonds is 9. The Kier molecular flexibility index (Phi) is 6.84. The SMILES string of the molecule is COCCN(C)C(=O)c1ncccc1NC(=O)c1nc(C2CC2)cnc1Nc1ccccn1. The van der Waals surface area contributed by atoms with Crippen LogP contribution in [0.4, 0.5) is 17.3 Å². The van der Waals surface area contributed by atoms with Gasteiger partial charge in [-0.25, -0.2) is 19.9 Å². The first-order chi connectivity index (χ1) is 16.1. The number of hydrogen-bond acceptors (Lipinski definition) is 8. The summed E-state index contributed by atoms with van der Waals surface area (Å²) in [6.07, 6.45) is 6.88. The van der Waals surface area contributed by atoms with Gasteiger partial charge in [0.05, 0.1) is 24.2 Å². The molecule has 33 heavy (non-hydrogen) atoms. The lowest BCUT2D eigenvalue weighted by Gasteiger charge is -2.18. The van der Waals surface area contributed by atoms with Crippen LogP contribution >= 0.6 is 0 Å². The summed E-state index contributed by atoms with van der Waals surface area (Å²) in [4.78, 5) is 45.1. The number of carbonyl (C=O) groups is 2. The number of nitrogens with one attached hydrogen (secondary N) is 2. The topological polar surface area (TPSA) is 122 Å². The van der Waals surface area contributed by atoms with E-state index in [-0.39, 0.29) is 23.1 Å². The Labute approximate surface area is 191 Å². The van der Waals surface area contributed by atoms with Gasteiger partial charge in [0.25, 0.3) is 11.8 Å². The molecule has 1 fully saturated rings. The van der Waals surface area contributed by atoms with E-state index in [2.05, 4.69) is 30.6 Å². The predicted octanol–water partition coefficient (Wildman–Crippen LogP) is 2.86. The normalized spacial score (nSPS) is 12.8. The molecule has 1 aliphatic carbocycles. The molecule has 0 spiro atoms. The third kappa shape index (κ3) is 5.47. The van der Waals surface area contributed by atoms with E-state index in [1.165, 1.54) is 11.1 Å². The van der Waals surface area contributed by atoms with E-state index in [0.29, 0.717) is 30.6 Å². The highest BCUT2D eigenvalue weighted by molar-refractivity contribution is 6.09. The summed E-state index contributed by atoms with van der Waals surface area (Å²) in [6, 6.07) is 8.68. The molecule has 3 aromatic heterocycles. The zero-order chi connectivity index (χ0) is 23.2. The van der Waals surface area contributed by atoms with Crippen molar-refractivity contribution in [1.29, 1.82) is 0 Å². The third-order valence-electron chi connectivity index (χ3n) is 5.15. The fourth-order valence-corrected chi connectivity index (χ4v) is 3.15. The molecule has 1 saturated carbocycles. The van der Waals surface area contributed by atoms with Crippen LogP contribution in [0.3, 0.4) is 0 Å². The summed E-state index contributed by atoms with van der Waals surface area (Å²) < 4.78 is 5.04. The molecule has 2 N–H and O–H groups in total. The summed E-state index contributed by atoms with van der Waals surface area (Å²) >= 11 is 0. The first kappa shape index (κ1) is 22.3. The van der Waals surface area contributed by atoms with Crippen LogP contribution in [0, 0.1) is 0 Å². The highest BCUT2D eigenvalue weighted by atomic mass is 16.5. The Bertz CT molecular complexity index is 1140. The Hall–Kier alpha value is -3.92. The number of anilines is 3. The first-order valence-corrected chi connectivity index (χ1v) is 10.6. The molecular weight excluding hydrogens is 422 g/mol. The highest BCUT2D eigenvalue weighted by Crippen LogP contribution is 2.39. The molecule has 2 amide bonds. The molecular formula is C23H25N7O3. The van der Waals surface area contributed by atoms with Gasteiger partial charge in [0.2, 0.25) is 0 Å². The Morgan fingerprint density at radius 2 is 1.91 bits per heavy atom. The number of nitrogens with zero attached hydrogens (tertiary/aromatic N) is 5. The zero-order valence-electron chi connectivity index (χ0n) is 18.5. The smallest absolute Gasteiger partial charge is 0.278 e. The second kappa shape index (κ2) is 10.1. The average molecular weight is 447 g/mol. The molecule has 0 radical (unpaired) electrons. The quantitative estimate of drug-likeness (QED) is 0.513. The molecule has 3 heterocycles. The van der Waals surface area contributed by atoms with Gasteiger partial charge in [-0.3, -0.25) is 9.59 Å². The summed E-state index contributed by atoms with van der Waals surface area (Å²) in [6.45, 7) is 0.787. The standard InChI is InChI=1S/C23H25N7O3/c1-30(12-13-33-2)23(32)19-16(6-5-11-25-19)28-22(31)20-21(29-18-7-3-4-10-24-18)26-14-17(27-20)15-8-9-15/h3-7,10-11,14-15H,8-9,12-13H2,1-2H3,(H,28,31)(H,24,26,29). The van der Waals surface area contributed by atoms with Gasteiger partial charge < -0.3 is 20.3 Å². The highest BCUT2D eigenvalue weighted by Gasteiger charge is 2.28. The Balaban J connectivity index is 1.61. The van der Waals surface area contributed by atoms with E-state index in [9.17, 15) is 9.59 Å². The molecule has 1 aliphatic rings. The molecule has 170 valence electrons. The molecule has 0 unspecified atom stereocenters. The predicted molar refractivity (Wildman–Crippen MR) is 123 cm³/mol. The molecule has 10 heteroatoms. The van der Waals surface area contributed by atoms with Crippen LogP contribution in [-0.4, -0.2) is 64.0 Å². The monoisotopic (exact) mass is 447 g/mol. The second-order valence-electron chi connectivity index (χ2n) is 7.68. The van der Waals surface area contributed by atoms with Crippen molar-refractivity contribution in [3.05, 3.63) is 66.0 Å². The van der Waals surface area contributed by atoms with Crippen molar-refractivity contribution in [2.75, 3.05) is 37.9 Å². The third-order valence-corrected chi connectivity index (χ3v) is 5.15. The van der Waals surface area contributed by atoms with Crippen LogP contribution in [0.25, 0.3) is 0 Å². The van der Waals surface area contributed by atoms with Crippen LogP contribution in [-0.2, 0) is 4.74 Å². The van der Waals surface area contributed by atoms with Crippen LogP contribution in [0.5, 0.6) is 0 Å². The summed E-state index contributed by atoms with van der Waals surface area (Å²) in [5, 5.41) is 5.84. The second-order valence-corrected chi connectivity index (χ2v) is 7.68. The molecule has 0 aliphatic heterocycles. The van der Waals surface area contributed by atoms with E-state index >= 15 is 0 Å². The van der Waals surface area contributed by atoms with Crippen molar-refractivity contribution < 1.29 is 14.3 Å². The van der Waals surface area contributed by atoms with E-state index in [1.807, 2.05) is 6.07 Å². The molecule has 3 aromatic rings. The fraction of sp³-hybridized carbons (Fsp3) is 0.304. The fourth-order valence-electron chi connectivity index (χ4n) is 3.15. The van der Waals surface area contributed by atoms with Gasteiger partial charge in [-0.15, -0.1) is 0 Å². The molecule has 0 aromatic carbocycles. The lowest BCUT2D eigenvalue weighted by molar-refractivity contribution is 0.0739. The maximum Gasteiger partial charge on any atom is 0.278 e. The number of pyridine rings is 2.